The fourth-order valence-electron chi connectivity index (χ4n) is 8.58. The molecule has 2 saturated heterocycles. The largest absolute Gasteiger partial charge is 0.465 e. The lowest BCUT2D eigenvalue weighted by atomic mass is 9.83. The van der Waals surface area contributed by atoms with Gasteiger partial charge in [-0.2, -0.15) is 0 Å². The Bertz CT molecular complexity index is 2610. The van der Waals surface area contributed by atoms with Crippen LogP contribution in [0.5, 0.6) is 11.5 Å². The number of para-hydroxylation sites is 1. The zero-order valence-electron chi connectivity index (χ0n) is 41.8. The van der Waals surface area contributed by atoms with E-state index in [1.54, 1.807) is 117 Å². The molecule has 2 N–H and O–H groups in total. The number of amides is 2. The van der Waals surface area contributed by atoms with Gasteiger partial charge in [-0.15, -0.1) is 12.3 Å². The third-order valence-electron chi connectivity index (χ3n) is 12.2. The van der Waals surface area contributed by atoms with E-state index in [9.17, 15) is 33.6 Å². The van der Waals surface area contributed by atoms with E-state index in [0.717, 1.165) is 21.0 Å². The van der Waals surface area contributed by atoms with Crippen LogP contribution in [-0.4, -0.2) is 123 Å². The minimum Gasteiger partial charge on any atom is -0.465 e. The summed E-state index contributed by atoms with van der Waals surface area (Å²) in [6.45, 7) is 5.81. The molecule has 2 heterocycles. The molecule has 6 rings (SSSR count). The molecule has 2 aliphatic heterocycles. The summed E-state index contributed by atoms with van der Waals surface area (Å²) in [5, 5.41) is 5.55. The second-order valence-corrected chi connectivity index (χ2v) is 17.6. The van der Waals surface area contributed by atoms with Crippen LogP contribution in [0.3, 0.4) is 0 Å². The lowest BCUT2D eigenvalue weighted by Gasteiger charge is -2.49. The molecule has 19 heteroatoms. The smallest absolute Gasteiger partial charge is 0.366 e. The predicted octanol–water partition coefficient (Wildman–Crippen LogP) is 5.74. The zero-order valence-corrected chi connectivity index (χ0v) is 41.8. The molecular formula is C55H60N2O17. The molecule has 392 valence electrons. The number of esters is 5. The van der Waals surface area contributed by atoms with Crippen LogP contribution in [0.2, 0.25) is 0 Å². The van der Waals surface area contributed by atoms with Gasteiger partial charge in [0.25, 0.3) is 11.7 Å². The Morgan fingerprint density at radius 3 is 1.95 bits per heavy atom. The summed E-state index contributed by atoms with van der Waals surface area (Å²) in [5.74, 6) is -6.28. The monoisotopic (exact) mass is 1020 g/mol. The maximum Gasteiger partial charge on any atom is 0.366 e. The second kappa shape index (κ2) is 26.4. The van der Waals surface area contributed by atoms with Gasteiger partial charge >= 0.3 is 29.8 Å². The normalized spacial score (nSPS) is 24.0. The van der Waals surface area contributed by atoms with E-state index in [0.29, 0.717) is 11.5 Å². The molecule has 11 atom stereocenters. The van der Waals surface area contributed by atoms with Crippen LogP contribution in [0.4, 0.5) is 0 Å². The number of hydrogen-bond donors (Lipinski definition) is 2. The Labute approximate surface area is 428 Å². The van der Waals surface area contributed by atoms with E-state index < -0.39 is 121 Å². The third kappa shape index (κ3) is 14.8. The fourth-order valence-corrected chi connectivity index (χ4v) is 8.58. The summed E-state index contributed by atoms with van der Waals surface area (Å²) in [6.07, 6.45) is -4.09. The summed E-state index contributed by atoms with van der Waals surface area (Å²) < 4.78 is 60.6. The first-order valence-electron chi connectivity index (χ1n) is 23.9. The van der Waals surface area contributed by atoms with Gasteiger partial charge < -0.3 is 58.0 Å². The van der Waals surface area contributed by atoms with Crippen molar-refractivity contribution >= 4 is 41.7 Å². The van der Waals surface area contributed by atoms with E-state index in [1.807, 2.05) is 6.07 Å². The Morgan fingerprint density at radius 1 is 0.770 bits per heavy atom. The molecule has 74 heavy (non-hydrogen) atoms. The molecule has 0 spiro atoms. The van der Waals surface area contributed by atoms with Crippen molar-refractivity contribution in [3.05, 3.63) is 132 Å². The molecule has 2 aliphatic rings. The summed E-state index contributed by atoms with van der Waals surface area (Å²) >= 11 is 0. The minimum atomic E-state index is -2.46. The van der Waals surface area contributed by atoms with Crippen molar-refractivity contribution < 1.29 is 80.9 Å². The summed E-state index contributed by atoms with van der Waals surface area (Å²) in [6, 6.07) is 30.4. The van der Waals surface area contributed by atoms with Gasteiger partial charge in [-0.05, 0) is 54.6 Å². The number of hydrogen-bond acceptors (Lipinski definition) is 17. The van der Waals surface area contributed by atoms with Crippen molar-refractivity contribution in [1.82, 2.24) is 10.6 Å². The van der Waals surface area contributed by atoms with Gasteiger partial charge in [-0.1, -0.05) is 74.5 Å². The van der Waals surface area contributed by atoms with E-state index in [-0.39, 0.29) is 36.3 Å². The summed E-state index contributed by atoms with van der Waals surface area (Å²) in [5.41, 5.74) is 0.597. The van der Waals surface area contributed by atoms with Gasteiger partial charge in [0.05, 0.1) is 62.7 Å². The molecular weight excluding hydrogens is 961 g/mol. The maximum absolute atomic E-state index is 14.3. The molecule has 2 fully saturated rings. The van der Waals surface area contributed by atoms with Gasteiger partial charge in [0.15, 0.2) is 12.4 Å². The van der Waals surface area contributed by atoms with Crippen molar-refractivity contribution in [3.8, 4) is 23.8 Å². The van der Waals surface area contributed by atoms with Crippen molar-refractivity contribution in [3.63, 3.8) is 0 Å². The standard InChI is InChI=1S/C55H60N2O17/c1-8-9-28-66-53-49(73-52(63)39-22-15-11-16-23-39)48(72-51(62)38-20-13-10-14-21-38)34(3)45(71-53)32-67-55(54(64)65-7)30-43(68-36(5)59)46(57-35(4)58)47(74-55)33(2)44(69-37(6)60)31-56-50(61)40-24-19-27-42(29-40)70-41-25-17-12-18-26-41/h1,10-27,29,33-34,43-49,53H,9,28,30-32H2,2-7H3,(H,56,61)(H,57,58)/t33-,34+,43+,44-,45-,46-,47+,48+,49-,53-,55?/m1/s1. The lowest BCUT2D eigenvalue weighted by molar-refractivity contribution is -0.330. The van der Waals surface area contributed by atoms with Gasteiger partial charge in [-0.25, -0.2) is 14.4 Å². The van der Waals surface area contributed by atoms with E-state index in [4.69, 9.17) is 53.8 Å². The molecule has 0 aromatic heterocycles. The molecule has 4 aromatic rings. The highest BCUT2D eigenvalue weighted by Gasteiger charge is 2.59. The molecule has 0 saturated carbocycles. The van der Waals surface area contributed by atoms with E-state index >= 15 is 0 Å². The first-order valence-corrected chi connectivity index (χ1v) is 23.9. The Hall–Kier alpha value is -7.63. The van der Waals surface area contributed by atoms with Crippen LogP contribution in [0.25, 0.3) is 0 Å². The summed E-state index contributed by atoms with van der Waals surface area (Å²) in [4.78, 5) is 93.9. The van der Waals surface area contributed by atoms with Gasteiger partial charge in [-0.3, -0.25) is 19.2 Å². The van der Waals surface area contributed by atoms with Crippen LogP contribution in [0.15, 0.2) is 115 Å². The maximum atomic E-state index is 14.3. The first-order chi connectivity index (χ1) is 35.5. The highest BCUT2D eigenvalue weighted by atomic mass is 16.8. The fraction of sp³-hybridized carbons (Fsp3) is 0.400. The quantitative estimate of drug-likeness (QED) is 0.0438. The number of benzene rings is 4. The molecule has 0 radical (unpaired) electrons. The van der Waals surface area contributed by atoms with Gasteiger partial charge in [0, 0.05) is 44.6 Å². The van der Waals surface area contributed by atoms with Crippen LogP contribution in [0, 0.1) is 24.2 Å². The Morgan fingerprint density at radius 2 is 1.36 bits per heavy atom. The van der Waals surface area contributed by atoms with Crippen LogP contribution in [0.1, 0.15) is 78.5 Å². The van der Waals surface area contributed by atoms with Crippen LogP contribution in [-0.2, 0) is 61.8 Å². The zero-order chi connectivity index (χ0) is 53.4. The highest BCUT2D eigenvalue weighted by Crippen LogP contribution is 2.40. The molecule has 1 unspecified atom stereocenters. The van der Waals surface area contributed by atoms with Gasteiger partial charge in [0.1, 0.15) is 29.8 Å². The molecule has 19 nitrogen and oxygen atoms in total. The number of terminal acetylenes is 1. The average molecular weight is 1020 g/mol. The van der Waals surface area contributed by atoms with E-state index in [1.165, 1.54) is 13.0 Å². The minimum absolute atomic E-state index is 0.0791. The Kier molecular flexibility index (Phi) is 19.8. The number of carbonyl (C=O) groups excluding carboxylic acids is 7. The number of carbonyl (C=O) groups is 7. The average Bonchev–Trinajstić information content (AvgIpc) is 3.39. The third-order valence-corrected chi connectivity index (χ3v) is 12.2. The molecule has 0 bridgehead atoms. The van der Waals surface area contributed by atoms with E-state index in [2.05, 4.69) is 16.6 Å². The highest BCUT2D eigenvalue weighted by molar-refractivity contribution is 5.94. The van der Waals surface area contributed by atoms with Gasteiger partial charge in [0.2, 0.25) is 5.91 Å². The number of methoxy groups -OCH3 is 1. The summed E-state index contributed by atoms with van der Waals surface area (Å²) in [7, 11) is 1.08. The molecule has 2 amide bonds. The number of nitrogens with one attached hydrogen (secondary N) is 2. The first kappa shape index (κ1) is 55.7. The molecule has 0 aliphatic carbocycles. The van der Waals surface area contributed by atoms with Crippen molar-refractivity contribution in [2.75, 3.05) is 26.9 Å². The van der Waals surface area contributed by atoms with Crippen molar-refractivity contribution in [1.29, 1.82) is 0 Å². The topological polar surface area (TPSA) is 236 Å². The molecule has 4 aromatic carbocycles. The predicted molar refractivity (Wildman–Crippen MR) is 262 cm³/mol. The van der Waals surface area contributed by atoms with Crippen LogP contribution < -0.4 is 15.4 Å². The van der Waals surface area contributed by atoms with Crippen LogP contribution >= 0.6 is 0 Å². The number of ether oxygens (including phenoxy) is 10. The Balaban J connectivity index is 1.32. The number of rotatable bonds is 21. The lowest BCUT2D eigenvalue weighted by Crippen LogP contribution is -2.68. The second-order valence-electron chi connectivity index (χ2n) is 17.6. The SMILES string of the molecule is C#CCCO[C@@H]1O[C@H](COC2(C(=O)OC)C[C@H](OC(C)=O)[C@@H](NC(C)=O)[C@H]([C@H](C)[C@@H](CNC(=O)c3cccc(Oc4ccccc4)c3)OC(C)=O)O2)[C@H](C)[C@H](OC(=O)c2ccccc2)[C@H]1OC(=O)c1ccccc1. The van der Waals surface area contributed by atoms with Crippen molar-refractivity contribution in [2.24, 2.45) is 11.8 Å². The van der Waals surface area contributed by atoms with Crippen molar-refractivity contribution in [2.45, 2.75) is 102 Å².